The number of fused-ring (bicyclic) bond motifs is 3. The van der Waals surface area contributed by atoms with E-state index in [4.69, 9.17) is 17.2 Å². The number of hydrogen-bond acceptors (Lipinski definition) is 4. The van der Waals surface area contributed by atoms with Crippen LogP contribution in [0.1, 0.15) is 11.1 Å². The van der Waals surface area contributed by atoms with Crippen LogP contribution in [0.3, 0.4) is 0 Å². The lowest BCUT2D eigenvalue weighted by atomic mass is 9.99. The van der Waals surface area contributed by atoms with Crippen molar-refractivity contribution < 1.29 is 0 Å². The zero-order valence-electron chi connectivity index (χ0n) is 19.2. The van der Waals surface area contributed by atoms with E-state index in [1.54, 1.807) is 4.57 Å². The van der Waals surface area contributed by atoms with Gasteiger partial charge in [0.05, 0.1) is 16.9 Å². The summed E-state index contributed by atoms with van der Waals surface area (Å²) >= 11 is 7.10. The Morgan fingerprint density at radius 3 is 2.37 bits per heavy atom. The number of rotatable bonds is 3. The molecule has 0 aliphatic rings. The Morgan fingerprint density at radius 2 is 1.63 bits per heavy atom. The van der Waals surface area contributed by atoms with Gasteiger partial charge in [-0.3, -0.25) is 9.36 Å². The Morgan fingerprint density at radius 1 is 0.857 bits per heavy atom. The van der Waals surface area contributed by atoms with E-state index in [9.17, 15) is 4.79 Å². The quantitative estimate of drug-likeness (QED) is 0.259. The first-order valence-corrected chi connectivity index (χ1v) is 12.5. The molecular formula is C29H21N3OS2. The van der Waals surface area contributed by atoms with Gasteiger partial charge in [0.25, 0.3) is 5.56 Å². The highest BCUT2D eigenvalue weighted by molar-refractivity contribution is 7.71. The average molecular weight is 492 g/mol. The van der Waals surface area contributed by atoms with Crippen LogP contribution in [-0.4, -0.2) is 14.5 Å². The van der Waals surface area contributed by atoms with E-state index in [1.165, 1.54) is 16.9 Å². The Bertz CT molecular complexity index is 1850. The average Bonchev–Trinajstić information content (AvgIpc) is 3.23. The van der Waals surface area contributed by atoms with E-state index in [0.717, 1.165) is 49.4 Å². The maximum atomic E-state index is 13.7. The summed E-state index contributed by atoms with van der Waals surface area (Å²) in [5, 5.41) is 0.923. The second-order valence-corrected chi connectivity index (χ2v) is 10.1. The van der Waals surface area contributed by atoms with Gasteiger partial charge < -0.3 is 4.98 Å². The number of aryl methyl sites for hydroxylation is 2. The Labute approximate surface area is 211 Å². The van der Waals surface area contributed by atoms with Gasteiger partial charge in [-0.2, -0.15) is 0 Å². The summed E-state index contributed by atoms with van der Waals surface area (Å²) in [6.07, 6.45) is 0. The molecule has 3 heterocycles. The zero-order valence-corrected chi connectivity index (χ0v) is 20.8. The number of nitrogens with one attached hydrogen (secondary N) is 1. The molecule has 0 saturated carbocycles. The molecule has 3 aromatic heterocycles. The zero-order chi connectivity index (χ0) is 24.1. The van der Waals surface area contributed by atoms with E-state index in [0.29, 0.717) is 9.47 Å². The molecular weight excluding hydrogens is 470 g/mol. The minimum Gasteiger partial charge on any atom is -0.330 e. The first kappa shape index (κ1) is 21.6. The molecule has 6 aromatic rings. The fourth-order valence-electron chi connectivity index (χ4n) is 4.44. The van der Waals surface area contributed by atoms with Gasteiger partial charge in [-0.1, -0.05) is 72.3 Å². The van der Waals surface area contributed by atoms with Crippen LogP contribution >= 0.6 is 23.6 Å². The van der Waals surface area contributed by atoms with Gasteiger partial charge in [0, 0.05) is 10.9 Å². The van der Waals surface area contributed by atoms with Crippen LogP contribution in [0.5, 0.6) is 0 Å². The summed E-state index contributed by atoms with van der Waals surface area (Å²) < 4.78 is 2.55. The van der Waals surface area contributed by atoms with E-state index in [-0.39, 0.29) is 5.56 Å². The lowest BCUT2D eigenvalue weighted by molar-refractivity contribution is 0.942. The fourth-order valence-corrected chi connectivity index (χ4v) is 5.82. The van der Waals surface area contributed by atoms with Crippen molar-refractivity contribution >= 4 is 44.0 Å². The predicted molar refractivity (Wildman–Crippen MR) is 148 cm³/mol. The molecule has 0 saturated heterocycles. The number of H-pyrrole nitrogens is 1. The number of aromatic amines is 1. The van der Waals surface area contributed by atoms with Crippen LogP contribution in [-0.2, 0) is 0 Å². The minimum absolute atomic E-state index is 0.131. The smallest absolute Gasteiger partial charge is 0.276 e. The molecule has 35 heavy (non-hydrogen) atoms. The number of nitrogens with zero attached hydrogens (tertiary/aromatic N) is 2. The van der Waals surface area contributed by atoms with E-state index in [1.807, 2.05) is 49.4 Å². The third kappa shape index (κ3) is 3.71. The topological polar surface area (TPSA) is 50.7 Å². The van der Waals surface area contributed by atoms with E-state index >= 15 is 0 Å². The molecule has 4 nitrogen and oxygen atoms in total. The van der Waals surface area contributed by atoms with Crippen molar-refractivity contribution in [2.45, 2.75) is 13.8 Å². The Kier molecular flexibility index (Phi) is 5.20. The number of thiophene rings is 1. The summed E-state index contributed by atoms with van der Waals surface area (Å²) in [5.74, 6) is 0. The van der Waals surface area contributed by atoms with Crippen molar-refractivity contribution in [2.24, 2.45) is 0 Å². The maximum absolute atomic E-state index is 13.7. The predicted octanol–water partition coefficient (Wildman–Crippen LogP) is 7.61. The first-order valence-electron chi connectivity index (χ1n) is 11.3. The minimum atomic E-state index is -0.131. The van der Waals surface area contributed by atoms with Crippen LogP contribution in [0.2, 0.25) is 0 Å². The first-order chi connectivity index (χ1) is 17.0. The second kappa shape index (κ2) is 8.41. The molecule has 0 bridgehead atoms. The molecule has 0 atom stereocenters. The summed E-state index contributed by atoms with van der Waals surface area (Å²) in [6.45, 7) is 4.07. The standard InChI is InChI=1S/C29H21N3OS2/c1-17-11-13-20(14-12-17)23-16-22(19-8-4-3-5-9-19)24-25-26(35-27(24)30-23)28(33)32(29(34)31-25)21-10-6-7-18(2)15-21/h3-16H,1-2H3,(H,31,34). The fraction of sp³-hybridized carbons (Fsp3) is 0.0690. The number of hydrogen-bond donors (Lipinski definition) is 1. The summed E-state index contributed by atoms with van der Waals surface area (Å²) in [4.78, 5) is 22.9. The third-order valence-corrected chi connectivity index (χ3v) is 7.54. The van der Waals surface area contributed by atoms with Gasteiger partial charge in [0.2, 0.25) is 0 Å². The molecule has 0 aliphatic carbocycles. The van der Waals surface area contributed by atoms with Gasteiger partial charge in [-0.05, 0) is 61.0 Å². The second-order valence-electron chi connectivity index (χ2n) is 8.68. The Balaban J connectivity index is 1.70. The van der Waals surface area contributed by atoms with Crippen molar-refractivity contribution in [2.75, 3.05) is 0 Å². The van der Waals surface area contributed by atoms with Gasteiger partial charge in [0.1, 0.15) is 9.53 Å². The number of pyridine rings is 1. The lowest BCUT2D eigenvalue weighted by Gasteiger charge is -2.10. The van der Waals surface area contributed by atoms with Crippen molar-refractivity contribution in [3.05, 3.63) is 111 Å². The highest BCUT2D eigenvalue weighted by Crippen LogP contribution is 2.39. The van der Waals surface area contributed by atoms with Crippen molar-refractivity contribution in [3.63, 3.8) is 0 Å². The van der Waals surface area contributed by atoms with Crippen LogP contribution in [0, 0.1) is 18.6 Å². The van der Waals surface area contributed by atoms with Gasteiger partial charge in [-0.25, -0.2) is 4.98 Å². The molecule has 0 radical (unpaired) electrons. The van der Waals surface area contributed by atoms with Crippen molar-refractivity contribution in [1.29, 1.82) is 0 Å². The molecule has 170 valence electrons. The van der Waals surface area contributed by atoms with Crippen LogP contribution in [0.15, 0.2) is 89.7 Å². The summed E-state index contributed by atoms with van der Waals surface area (Å²) in [7, 11) is 0. The summed E-state index contributed by atoms with van der Waals surface area (Å²) in [6, 6.07) is 28.5. The molecule has 3 aromatic carbocycles. The normalized spacial score (nSPS) is 11.4. The van der Waals surface area contributed by atoms with Gasteiger partial charge in [0.15, 0.2) is 4.77 Å². The Hall–Kier alpha value is -3.87. The van der Waals surface area contributed by atoms with Crippen LogP contribution < -0.4 is 5.56 Å². The largest absolute Gasteiger partial charge is 0.330 e. The van der Waals surface area contributed by atoms with Crippen LogP contribution in [0.4, 0.5) is 0 Å². The third-order valence-electron chi connectivity index (χ3n) is 6.19. The van der Waals surface area contributed by atoms with E-state index in [2.05, 4.69) is 54.4 Å². The molecule has 6 heteroatoms. The highest BCUT2D eigenvalue weighted by atomic mass is 32.1. The molecule has 0 fully saturated rings. The van der Waals surface area contributed by atoms with Gasteiger partial charge >= 0.3 is 0 Å². The van der Waals surface area contributed by atoms with Gasteiger partial charge in [-0.15, -0.1) is 11.3 Å². The SMILES string of the molecule is Cc1ccc(-c2cc(-c3ccccc3)c3c(n2)sc2c(=O)n(-c4cccc(C)c4)c(=S)[nH]c23)cc1. The maximum Gasteiger partial charge on any atom is 0.276 e. The molecule has 0 spiro atoms. The van der Waals surface area contributed by atoms with Crippen molar-refractivity contribution in [3.8, 4) is 28.1 Å². The number of aromatic nitrogens is 3. The van der Waals surface area contributed by atoms with E-state index < -0.39 is 0 Å². The molecule has 1 N–H and O–H groups in total. The molecule has 0 unspecified atom stereocenters. The van der Waals surface area contributed by atoms with Crippen molar-refractivity contribution in [1.82, 2.24) is 14.5 Å². The summed E-state index contributed by atoms with van der Waals surface area (Å²) in [5.41, 5.74) is 7.63. The molecule has 6 rings (SSSR count). The molecule has 0 aliphatic heterocycles. The lowest BCUT2D eigenvalue weighted by Crippen LogP contribution is -2.19. The highest BCUT2D eigenvalue weighted by Gasteiger charge is 2.19. The molecule has 0 amide bonds. The number of benzene rings is 3. The van der Waals surface area contributed by atoms with Crippen LogP contribution in [0.25, 0.3) is 48.5 Å². The monoisotopic (exact) mass is 491 g/mol.